The number of rotatable bonds is 4. The van der Waals surface area contributed by atoms with Crippen molar-refractivity contribution in [3.8, 4) is 11.4 Å². The van der Waals surface area contributed by atoms with Crippen molar-refractivity contribution in [3.63, 3.8) is 0 Å². The minimum Gasteiger partial charge on any atom is -0.361 e. The molecule has 0 radical (unpaired) electrons. The third-order valence-electron chi connectivity index (χ3n) is 4.30. The summed E-state index contributed by atoms with van der Waals surface area (Å²) in [7, 11) is 0. The summed E-state index contributed by atoms with van der Waals surface area (Å²) in [5.41, 5.74) is 2.43. The fourth-order valence-corrected chi connectivity index (χ4v) is 2.95. The van der Waals surface area contributed by atoms with Crippen molar-refractivity contribution in [3.05, 3.63) is 59.5 Å². The van der Waals surface area contributed by atoms with Gasteiger partial charge in [0.05, 0.1) is 12.1 Å². The van der Waals surface area contributed by atoms with E-state index in [9.17, 15) is 4.79 Å². The number of aryl methyl sites for hydroxylation is 2. The molecule has 0 atom stereocenters. The van der Waals surface area contributed by atoms with E-state index in [-0.39, 0.29) is 18.3 Å². The Labute approximate surface area is 149 Å². The van der Waals surface area contributed by atoms with Gasteiger partial charge >= 0.3 is 0 Å². The van der Waals surface area contributed by atoms with Gasteiger partial charge in [0, 0.05) is 11.1 Å². The summed E-state index contributed by atoms with van der Waals surface area (Å²) in [5.74, 6) is 1.27. The van der Waals surface area contributed by atoms with Crippen molar-refractivity contribution in [2.45, 2.75) is 20.3 Å². The SMILES string of the molecule is Cc1noc(C)c1CC(=O)Nc1n[nH]c(-c2cccc3ccccc23)n1. The number of hydrogen-bond donors (Lipinski definition) is 2. The largest absolute Gasteiger partial charge is 0.361 e. The van der Waals surface area contributed by atoms with Crippen molar-refractivity contribution < 1.29 is 9.32 Å². The van der Waals surface area contributed by atoms with Gasteiger partial charge < -0.3 is 4.52 Å². The van der Waals surface area contributed by atoms with Crippen LogP contribution in [0.15, 0.2) is 47.0 Å². The van der Waals surface area contributed by atoms with E-state index >= 15 is 0 Å². The third-order valence-corrected chi connectivity index (χ3v) is 4.30. The maximum Gasteiger partial charge on any atom is 0.249 e. The van der Waals surface area contributed by atoms with Crippen LogP contribution in [0, 0.1) is 13.8 Å². The molecule has 0 saturated carbocycles. The first kappa shape index (κ1) is 16.0. The topological polar surface area (TPSA) is 96.7 Å². The van der Waals surface area contributed by atoms with Crippen LogP contribution in [-0.2, 0) is 11.2 Å². The average Bonchev–Trinajstić information content (AvgIpc) is 3.23. The smallest absolute Gasteiger partial charge is 0.249 e. The number of aromatic nitrogens is 4. The average molecular weight is 347 g/mol. The van der Waals surface area contributed by atoms with Crippen LogP contribution >= 0.6 is 0 Å². The lowest BCUT2D eigenvalue weighted by Crippen LogP contribution is -2.16. The zero-order chi connectivity index (χ0) is 18.1. The van der Waals surface area contributed by atoms with Gasteiger partial charge in [0.15, 0.2) is 5.82 Å². The molecule has 130 valence electrons. The van der Waals surface area contributed by atoms with Gasteiger partial charge in [0.2, 0.25) is 11.9 Å². The Morgan fingerprint density at radius 2 is 1.96 bits per heavy atom. The normalized spacial score (nSPS) is 11.0. The Morgan fingerprint density at radius 3 is 2.77 bits per heavy atom. The summed E-state index contributed by atoms with van der Waals surface area (Å²) in [6.45, 7) is 3.60. The number of benzene rings is 2. The van der Waals surface area contributed by atoms with E-state index in [4.69, 9.17) is 4.52 Å². The minimum absolute atomic E-state index is 0.166. The molecule has 0 aliphatic heterocycles. The monoisotopic (exact) mass is 347 g/mol. The van der Waals surface area contributed by atoms with Gasteiger partial charge in [-0.1, -0.05) is 47.6 Å². The van der Waals surface area contributed by atoms with E-state index in [1.807, 2.05) is 49.4 Å². The molecular formula is C19H17N5O2. The van der Waals surface area contributed by atoms with E-state index in [1.54, 1.807) is 6.92 Å². The predicted molar refractivity (Wildman–Crippen MR) is 97.6 cm³/mol. The van der Waals surface area contributed by atoms with Gasteiger partial charge in [-0.15, -0.1) is 5.10 Å². The van der Waals surface area contributed by atoms with E-state index in [0.29, 0.717) is 17.3 Å². The lowest BCUT2D eigenvalue weighted by Gasteiger charge is -2.03. The van der Waals surface area contributed by atoms with Crippen molar-refractivity contribution in [2.75, 3.05) is 5.32 Å². The van der Waals surface area contributed by atoms with E-state index in [0.717, 1.165) is 21.9 Å². The first-order valence-electron chi connectivity index (χ1n) is 8.24. The summed E-state index contributed by atoms with van der Waals surface area (Å²) in [5, 5.41) is 15.8. The van der Waals surface area contributed by atoms with Crippen LogP contribution < -0.4 is 5.32 Å². The van der Waals surface area contributed by atoms with Crippen LogP contribution in [0.4, 0.5) is 5.95 Å². The molecule has 0 spiro atoms. The van der Waals surface area contributed by atoms with E-state index in [1.165, 1.54) is 0 Å². The third kappa shape index (κ3) is 2.95. The molecule has 0 saturated heterocycles. The predicted octanol–water partition coefficient (Wildman–Crippen LogP) is 3.41. The second-order valence-electron chi connectivity index (χ2n) is 6.06. The summed E-state index contributed by atoms with van der Waals surface area (Å²) < 4.78 is 5.08. The molecule has 4 aromatic rings. The van der Waals surface area contributed by atoms with E-state index < -0.39 is 0 Å². The van der Waals surface area contributed by atoms with Gasteiger partial charge in [-0.25, -0.2) is 0 Å². The Hall–Kier alpha value is -3.48. The molecule has 4 rings (SSSR count). The van der Waals surface area contributed by atoms with Crippen LogP contribution in [0.25, 0.3) is 22.2 Å². The molecule has 1 amide bonds. The highest BCUT2D eigenvalue weighted by molar-refractivity contribution is 5.95. The van der Waals surface area contributed by atoms with Crippen molar-refractivity contribution in [1.82, 2.24) is 20.3 Å². The highest BCUT2D eigenvalue weighted by atomic mass is 16.5. The van der Waals surface area contributed by atoms with Gasteiger partial charge in [-0.3, -0.25) is 15.2 Å². The second kappa shape index (κ2) is 6.44. The summed E-state index contributed by atoms with van der Waals surface area (Å²) in [6, 6.07) is 14.0. The zero-order valence-electron chi connectivity index (χ0n) is 14.4. The molecule has 0 unspecified atom stereocenters. The molecule has 0 fully saturated rings. The lowest BCUT2D eigenvalue weighted by molar-refractivity contribution is -0.115. The number of aromatic amines is 1. The quantitative estimate of drug-likeness (QED) is 0.590. The molecular weight excluding hydrogens is 330 g/mol. The van der Waals surface area contributed by atoms with Gasteiger partial charge in [-0.05, 0) is 24.6 Å². The Bertz CT molecular complexity index is 1070. The number of nitrogens with zero attached hydrogens (tertiary/aromatic N) is 3. The van der Waals surface area contributed by atoms with Gasteiger partial charge in [0.25, 0.3) is 0 Å². The van der Waals surface area contributed by atoms with Crippen molar-refractivity contribution >= 4 is 22.6 Å². The maximum atomic E-state index is 12.3. The fourth-order valence-electron chi connectivity index (χ4n) is 2.95. The summed E-state index contributed by atoms with van der Waals surface area (Å²) >= 11 is 0. The summed E-state index contributed by atoms with van der Waals surface area (Å²) in [6.07, 6.45) is 0.166. The van der Waals surface area contributed by atoms with E-state index in [2.05, 4.69) is 25.7 Å². The second-order valence-corrected chi connectivity index (χ2v) is 6.06. The minimum atomic E-state index is -0.220. The highest BCUT2D eigenvalue weighted by Crippen LogP contribution is 2.26. The summed E-state index contributed by atoms with van der Waals surface area (Å²) in [4.78, 5) is 16.7. The zero-order valence-corrected chi connectivity index (χ0v) is 14.4. The van der Waals surface area contributed by atoms with Gasteiger partial charge in [-0.2, -0.15) is 4.98 Å². The standard InChI is InChI=1S/C19H17N5O2/c1-11-16(12(2)26-24-11)10-17(25)20-19-21-18(22-23-19)15-9-5-7-13-6-3-4-8-14(13)15/h3-9H,10H2,1-2H3,(H2,20,21,22,23,25). The number of carbonyl (C=O) groups is 1. The maximum absolute atomic E-state index is 12.3. The van der Waals surface area contributed by atoms with Crippen LogP contribution in [0.3, 0.4) is 0 Å². The molecule has 7 nitrogen and oxygen atoms in total. The number of nitrogens with one attached hydrogen (secondary N) is 2. The Balaban J connectivity index is 1.55. The Kier molecular flexibility index (Phi) is 3.96. The van der Waals surface area contributed by atoms with Crippen LogP contribution in [-0.4, -0.2) is 26.2 Å². The van der Waals surface area contributed by atoms with Crippen LogP contribution in [0.5, 0.6) is 0 Å². The first-order chi connectivity index (χ1) is 12.6. The van der Waals surface area contributed by atoms with Crippen LogP contribution in [0.2, 0.25) is 0 Å². The molecule has 2 aromatic heterocycles. The van der Waals surface area contributed by atoms with Crippen LogP contribution in [0.1, 0.15) is 17.0 Å². The fraction of sp³-hybridized carbons (Fsp3) is 0.158. The van der Waals surface area contributed by atoms with Crippen molar-refractivity contribution in [1.29, 1.82) is 0 Å². The van der Waals surface area contributed by atoms with Crippen molar-refractivity contribution in [2.24, 2.45) is 0 Å². The number of H-pyrrole nitrogens is 1. The molecule has 0 aliphatic carbocycles. The highest BCUT2D eigenvalue weighted by Gasteiger charge is 2.15. The molecule has 7 heteroatoms. The number of fused-ring (bicyclic) bond motifs is 1. The number of hydrogen-bond acceptors (Lipinski definition) is 5. The first-order valence-corrected chi connectivity index (χ1v) is 8.24. The van der Waals surface area contributed by atoms with Gasteiger partial charge in [0.1, 0.15) is 5.76 Å². The number of anilines is 1. The lowest BCUT2D eigenvalue weighted by atomic mass is 10.0. The number of carbonyl (C=O) groups excluding carboxylic acids is 1. The molecule has 0 bridgehead atoms. The molecule has 26 heavy (non-hydrogen) atoms. The molecule has 0 aliphatic rings. The number of amides is 1. The Morgan fingerprint density at radius 1 is 1.15 bits per heavy atom. The molecule has 2 N–H and O–H groups in total. The molecule has 2 heterocycles. The molecule has 2 aromatic carbocycles.